The number of rotatable bonds is 20. The number of thiocarbonyl (C=S) groups is 1. The van der Waals surface area contributed by atoms with Crippen molar-refractivity contribution in [3.8, 4) is 0 Å². The fourth-order valence-corrected chi connectivity index (χ4v) is 3.30. The van der Waals surface area contributed by atoms with Gasteiger partial charge in [-0.1, -0.05) is 103 Å². The van der Waals surface area contributed by atoms with Gasteiger partial charge in [0.15, 0.2) is 5.05 Å². The van der Waals surface area contributed by atoms with E-state index in [4.69, 9.17) is 22.1 Å². The predicted octanol–water partition coefficient (Wildman–Crippen LogP) is 7.46. The average molecular weight is 387 g/mol. The first-order valence-electron chi connectivity index (χ1n) is 11.0. The molecule has 0 aliphatic heterocycles. The first-order valence-corrected chi connectivity index (χ1v) is 11.4. The van der Waals surface area contributed by atoms with Crippen molar-refractivity contribution in [2.75, 3.05) is 6.61 Å². The highest BCUT2D eigenvalue weighted by Crippen LogP contribution is 2.13. The summed E-state index contributed by atoms with van der Waals surface area (Å²) in [6.45, 7) is 2.91. The zero-order chi connectivity index (χ0) is 19.3. The van der Waals surface area contributed by atoms with Crippen molar-refractivity contribution in [2.45, 2.75) is 122 Å². The Morgan fingerprint density at radius 1 is 0.692 bits per heavy atom. The number of unbranched alkanes of at least 4 members (excludes halogenated alkanes) is 15. The second kappa shape index (κ2) is 20.7. The van der Waals surface area contributed by atoms with Gasteiger partial charge in [-0.15, -0.1) is 0 Å². The Kier molecular flexibility index (Phi) is 20.2. The molecule has 3 nitrogen and oxygen atoms in total. The first-order chi connectivity index (χ1) is 12.7. The molecule has 154 valence electrons. The molecule has 0 atom stereocenters. The Morgan fingerprint density at radius 2 is 1.08 bits per heavy atom. The lowest BCUT2D eigenvalue weighted by Gasteiger charge is -2.06. The lowest BCUT2D eigenvalue weighted by molar-refractivity contribution is -0.136. The van der Waals surface area contributed by atoms with Crippen molar-refractivity contribution >= 4 is 23.2 Å². The van der Waals surface area contributed by atoms with Crippen LogP contribution in [0.3, 0.4) is 0 Å². The van der Waals surface area contributed by atoms with Gasteiger partial charge in [0.1, 0.15) is 0 Å². The molecule has 0 saturated carbocycles. The molecule has 0 fully saturated rings. The maximum Gasteiger partial charge on any atom is 0.303 e. The van der Waals surface area contributed by atoms with Gasteiger partial charge in [0.25, 0.3) is 0 Å². The molecule has 0 heterocycles. The van der Waals surface area contributed by atoms with Crippen LogP contribution in [-0.2, 0) is 9.53 Å². The van der Waals surface area contributed by atoms with E-state index in [0.717, 1.165) is 6.42 Å². The minimum atomic E-state index is -0.821. The molecular formula is C22H42O3S. The fraction of sp³-hybridized carbons (Fsp3) is 0.909. The molecule has 0 aromatic carbocycles. The summed E-state index contributed by atoms with van der Waals surface area (Å²) in [5.74, 6) is -0.821. The van der Waals surface area contributed by atoms with E-state index in [9.17, 15) is 4.79 Å². The molecule has 0 bridgehead atoms. The maximum atomic E-state index is 10.4. The summed E-state index contributed by atoms with van der Waals surface area (Å²) in [7, 11) is 0. The van der Waals surface area contributed by atoms with Crippen LogP contribution in [0.4, 0.5) is 0 Å². The molecule has 0 aromatic rings. The minimum Gasteiger partial charge on any atom is -0.487 e. The van der Waals surface area contributed by atoms with E-state index in [0.29, 0.717) is 18.1 Å². The summed E-state index contributed by atoms with van der Waals surface area (Å²) in [5.41, 5.74) is 0. The average Bonchev–Trinajstić information content (AvgIpc) is 2.62. The van der Waals surface area contributed by atoms with Gasteiger partial charge in [-0.25, -0.2) is 0 Å². The summed E-state index contributed by atoms with van der Waals surface area (Å²) in [5, 5.41) is 9.01. The van der Waals surface area contributed by atoms with Gasteiger partial charge in [-0.05, 0) is 18.6 Å². The second-order valence-corrected chi connectivity index (χ2v) is 7.87. The van der Waals surface area contributed by atoms with Gasteiger partial charge in [0.05, 0.1) is 13.0 Å². The molecular weight excluding hydrogens is 344 g/mol. The van der Waals surface area contributed by atoms with Gasteiger partial charge in [0.2, 0.25) is 0 Å². The van der Waals surface area contributed by atoms with Crippen molar-refractivity contribution in [3.05, 3.63) is 0 Å². The third-order valence-corrected chi connectivity index (χ3v) is 5.13. The molecule has 0 rings (SSSR count). The third-order valence-electron chi connectivity index (χ3n) is 4.80. The molecule has 0 amide bonds. The standard InChI is InChI=1S/C22H42O3S/c1-2-3-4-5-6-7-8-9-10-11-12-13-14-15-16-17-20-25-22(26)19-18-21(23)24/h2-20H2,1H3,(H,23,24). The number of carboxylic acid groups (broad SMARTS) is 1. The minimum absolute atomic E-state index is 0.0673. The Hall–Kier alpha value is -0.640. The monoisotopic (exact) mass is 386 g/mol. The summed E-state index contributed by atoms with van der Waals surface area (Å²) in [6.07, 6.45) is 22.1. The molecule has 1 N–H and O–H groups in total. The first kappa shape index (κ1) is 25.4. The van der Waals surface area contributed by atoms with E-state index in [2.05, 4.69) is 6.92 Å². The van der Waals surface area contributed by atoms with Gasteiger partial charge in [-0.2, -0.15) is 0 Å². The number of carbonyl (C=O) groups is 1. The van der Waals surface area contributed by atoms with E-state index < -0.39 is 5.97 Å². The normalized spacial score (nSPS) is 10.8. The van der Waals surface area contributed by atoms with Crippen LogP contribution in [0.2, 0.25) is 0 Å². The van der Waals surface area contributed by atoms with Crippen molar-refractivity contribution in [2.24, 2.45) is 0 Å². The number of carboxylic acids is 1. The zero-order valence-corrected chi connectivity index (χ0v) is 17.9. The van der Waals surface area contributed by atoms with Crippen LogP contribution in [-0.4, -0.2) is 22.7 Å². The van der Waals surface area contributed by atoms with E-state index >= 15 is 0 Å². The predicted molar refractivity (Wildman–Crippen MR) is 115 cm³/mol. The van der Waals surface area contributed by atoms with Crippen LogP contribution >= 0.6 is 12.2 Å². The Bertz CT molecular complexity index is 331. The number of ether oxygens (including phenoxy) is 1. The highest BCUT2D eigenvalue weighted by Gasteiger charge is 2.02. The smallest absolute Gasteiger partial charge is 0.303 e. The van der Waals surface area contributed by atoms with Crippen molar-refractivity contribution in [1.82, 2.24) is 0 Å². The number of hydrogen-bond donors (Lipinski definition) is 1. The number of aliphatic carboxylic acids is 1. The largest absolute Gasteiger partial charge is 0.487 e. The summed E-state index contributed by atoms with van der Waals surface area (Å²) in [6, 6.07) is 0. The van der Waals surface area contributed by atoms with Crippen LogP contribution in [0.15, 0.2) is 0 Å². The molecule has 0 aliphatic rings. The molecule has 26 heavy (non-hydrogen) atoms. The molecule has 4 heteroatoms. The Morgan fingerprint density at radius 3 is 1.46 bits per heavy atom. The molecule has 0 aromatic heterocycles. The second-order valence-electron chi connectivity index (χ2n) is 7.42. The Balaban J connectivity index is 3.09. The zero-order valence-electron chi connectivity index (χ0n) is 17.1. The van der Waals surface area contributed by atoms with Gasteiger partial charge >= 0.3 is 5.97 Å². The van der Waals surface area contributed by atoms with E-state index in [-0.39, 0.29) is 6.42 Å². The fourth-order valence-electron chi connectivity index (χ4n) is 3.12. The SMILES string of the molecule is CCCCCCCCCCCCCCCCCCOC(=S)CCC(=O)O. The maximum absolute atomic E-state index is 10.4. The molecule has 0 aliphatic carbocycles. The molecule has 0 spiro atoms. The van der Waals surface area contributed by atoms with Gasteiger partial charge in [0, 0.05) is 6.42 Å². The highest BCUT2D eigenvalue weighted by atomic mass is 32.1. The lowest BCUT2D eigenvalue weighted by atomic mass is 10.0. The van der Waals surface area contributed by atoms with Crippen LogP contribution in [0.1, 0.15) is 122 Å². The van der Waals surface area contributed by atoms with Crippen LogP contribution < -0.4 is 0 Å². The van der Waals surface area contributed by atoms with Gasteiger partial charge < -0.3 is 9.84 Å². The molecule has 0 unspecified atom stereocenters. The lowest BCUT2D eigenvalue weighted by Crippen LogP contribution is -2.06. The van der Waals surface area contributed by atoms with Crippen molar-refractivity contribution in [3.63, 3.8) is 0 Å². The summed E-state index contributed by atoms with van der Waals surface area (Å²) < 4.78 is 5.38. The Labute approximate surface area is 167 Å². The molecule has 0 saturated heterocycles. The topological polar surface area (TPSA) is 46.5 Å². The van der Waals surface area contributed by atoms with Crippen LogP contribution in [0.5, 0.6) is 0 Å². The summed E-state index contributed by atoms with van der Waals surface area (Å²) in [4.78, 5) is 10.4. The molecule has 0 radical (unpaired) electrons. The highest BCUT2D eigenvalue weighted by molar-refractivity contribution is 7.80. The quantitative estimate of drug-likeness (QED) is 0.174. The van der Waals surface area contributed by atoms with E-state index in [1.54, 1.807) is 0 Å². The van der Waals surface area contributed by atoms with Crippen molar-refractivity contribution in [1.29, 1.82) is 0 Å². The van der Waals surface area contributed by atoms with Crippen LogP contribution in [0.25, 0.3) is 0 Å². The van der Waals surface area contributed by atoms with Crippen LogP contribution in [0, 0.1) is 0 Å². The third kappa shape index (κ3) is 21.4. The summed E-state index contributed by atoms with van der Waals surface area (Å²) >= 11 is 5.00. The van der Waals surface area contributed by atoms with Gasteiger partial charge in [-0.3, -0.25) is 4.79 Å². The number of hydrogen-bond acceptors (Lipinski definition) is 3. The van der Waals surface area contributed by atoms with Crippen molar-refractivity contribution < 1.29 is 14.6 Å². The van der Waals surface area contributed by atoms with E-state index in [1.807, 2.05) is 0 Å². The van der Waals surface area contributed by atoms with E-state index in [1.165, 1.54) is 96.3 Å².